The number of rotatable bonds is 8. The largest absolute Gasteiger partial charge is 0.573 e. The van der Waals surface area contributed by atoms with Crippen LogP contribution in [0.1, 0.15) is 29.6 Å². The highest BCUT2D eigenvalue weighted by molar-refractivity contribution is 6.02. The molecule has 1 aliphatic rings. The molecule has 1 N–H and O–H groups in total. The molecule has 1 aromatic carbocycles. The number of aromatic nitrogens is 2. The molecule has 9 heteroatoms. The molecule has 0 radical (unpaired) electrons. The third kappa shape index (κ3) is 4.99. The Morgan fingerprint density at radius 2 is 2.00 bits per heavy atom. The quantitative estimate of drug-likeness (QED) is 0.538. The summed E-state index contributed by atoms with van der Waals surface area (Å²) < 4.78 is 48.5. The number of ketones is 1. The lowest BCUT2D eigenvalue weighted by Gasteiger charge is -2.40. The van der Waals surface area contributed by atoms with Crippen LogP contribution in [0.4, 0.5) is 13.2 Å². The van der Waals surface area contributed by atoms with E-state index in [4.69, 9.17) is 4.74 Å². The van der Waals surface area contributed by atoms with Crippen molar-refractivity contribution in [1.82, 2.24) is 14.9 Å². The van der Waals surface area contributed by atoms with Crippen LogP contribution in [0, 0.1) is 5.92 Å². The van der Waals surface area contributed by atoms with Gasteiger partial charge in [-0.25, -0.2) is 4.52 Å². The number of pyridine rings is 1. The Balaban J connectivity index is 1.32. The molecule has 31 heavy (non-hydrogen) atoms. The number of nitrogens with one attached hydrogen (secondary N) is 1. The average molecular weight is 433 g/mol. The van der Waals surface area contributed by atoms with E-state index < -0.39 is 6.36 Å². The summed E-state index contributed by atoms with van der Waals surface area (Å²) in [5, 5.41) is 7.43. The van der Waals surface area contributed by atoms with E-state index in [1.807, 2.05) is 25.2 Å². The fraction of sp³-hybridized carbons (Fsp3) is 0.364. The highest BCUT2D eigenvalue weighted by atomic mass is 19.4. The Hall–Kier alpha value is -3.07. The molecular weight excluding hydrogens is 411 g/mol. The molecule has 0 saturated heterocycles. The molecule has 1 atom stereocenters. The maximum Gasteiger partial charge on any atom is 0.573 e. The van der Waals surface area contributed by atoms with E-state index in [9.17, 15) is 18.0 Å². The number of carbonyl (C=O) groups is 1. The maximum absolute atomic E-state index is 12.8. The van der Waals surface area contributed by atoms with Crippen molar-refractivity contribution in [2.45, 2.75) is 37.8 Å². The van der Waals surface area contributed by atoms with E-state index in [0.717, 1.165) is 5.52 Å². The summed E-state index contributed by atoms with van der Waals surface area (Å²) in [5.41, 5.74) is 1.37. The minimum absolute atomic E-state index is 0.0157. The van der Waals surface area contributed by atoms with Crippen LogP contribution in [0.25, 0.3) is 5.52 Å². The number of ether oxygens (including phenoxy) is 2. The Morgan fingerprint density at radius 3 is 2.74 bits per heavy atom. The SMILES string of the molecule is CNC(CC(=O)c1cnn2ccccc12)C1CC(Oc2cccc(OC(F)(F)F)c2)C1. The molecule has 164 valence electrons. The first kappa shape index (κ1) is 21.2. The van der Waals surface area contributed by atoms with Crippen molar-refractivity contribution < 1.29 is 27.4 Å². The molecule has 1 saturated carbocycles. The van der Waals surface area contributed by atoms with E-state index in [0.29, 0.717) is 30.6 Å². The fourth-order valence-electron chi connectivity index (χ4n) is 3.93. The van der Waals surface area contributed by atoms with E-state index in [-0.39, 0.29) is 29.6 Å². The van der Waals surface area contributed by atoms with Gasteiger partial charge in [-0.15, -0.1) is 13.2 Å². The average Bonchev–Trinajstić information content (AvgIpc) is 3.12. The fourth-order valence-corrected chi connectivity index (χ4v) is 3.93. The molecular formula is C22H22F3N3O3. The predicted molar refractivity (Wildman–Crippen MR) is 107 cm³/mol. The lowest BCUT2D eigenvalue weighted by molar-refractivity contribution is -0.274. The number of fused-ring (bicyclic) bond motifs is 1. The third-order valence-corrected chi connectivity index (χ3v) is 5.55. The smallest absolute Gasteiger partial charge is 0.490 e. The van der Waals surface area contributed by atoms with Crippen LogP contribution in [0.3, 0.4) is 0 Å². The van der Waals surface area contributed by atoms with Crippen LogP contribution in [0.15, 0.2) is 54.9 Å². The summed E-state index contributed by atoms with van der Waals surface area (Å²) in [4.78, 5) is 12.8. The minimum atomic E-state index is -4.74. The van der Waals surface area contributed by atoms with Gasteiger partial charge in [-0.3, -0.25) is 4.79 Å². The van der Waals surface area contributed by atoms with Crippen molar-refractivity contribution in [1.29, 1.82) is 0 Å². The van der Waals surface area contributed by atoms with Crippen molar-refractivity contribution in [3.8, 4) is 11.5 Å². The van der Waals surface area contributed by atoms with E-state index in [1.54, 1.807) is 23.0 Å². The number of halogens is 3. The maximum atomic E-state index is 12.8. The molecule has 0 amide bonds. The van der Waals surface area contributed by atoms with Crippen molar-refractivity contribution in [2.24, 2.45) is 5.92 Å². The van der Waals surface area contributed by atoms with Crippen LogP contribution >= 0.6 is 0 Å². The van der Waals surface area contributed by atoms with Crippen molar-refractivity contribution in [3.05, 3.63) is 60.4 Å². The molecule has 0 spiro atoms. The molecule has 6 nitrogen and oxygen atoms in total. The first-order chi connectivity index (χ1) is 14.8. The van der Waals surface area contributed by atoms with Crippen LogP contribution in [0.2, 0.25) is 0 Å². The lowest BCUT2D eigenvalue weighted by atomic mass is 9.75. The molecule has 3 aromatic rings. The van der Waals surface area contributed by atoms with Gasteiger partial charge < -0.3 is 14.8 Å². The molecule has 0 bridgehead atoms. The van der Waals surface area contributed by atoms with Gasteiger partial charge in [0.15, 0.2) is 5.78 Å². The van der Waals surface area contributed by atoms with Gasteiger partial charge in [-0.05, 0) is 50.1 Å². The lowest BCUT2D eigenvalue weighted by Crippen LogP contribution is -2.46. The van der Waals surface area contributed by atoms with Crippen LogP contribution in [-0.2, 0) is 0 Å². The number of hydrogen-bond acceptors (Lipinski definition) is 5. The summed E-state index contributed by atoms with van der Waals surface area (Å²) in [6.45, 7) is 0. The summed E-state index contributed by atoms with van der Waals surface area (Å²) in [5.74, 6) is 0.263. The number of carbonyl (C=O) groups excluding carboxylic acids is 1. The van der Waals surface area contributed by atoms with E-state index in [1.165, 1.54) is 18.2 Å². The van der Waals surface area contributed by atoms with E-state index >= 15 is 0 Å². The zero-order valence-corrected chi connectivity index (χ0v) is 16.8. The topological polar surface area (TPSA) is 64.9 Å². The predicted octanol–water partition coefficient (Wildman–Crippen LogP) is 4.25. The minimum Gasteiger partial charge on any atom is -0.490 e. The molecule has 1 fully saturated rings. The number of alkyl halides is 3. The number of benzene rings is 1. The van der Waals surface area contributed by atoms with Gasteiger partial charge in [0.05, 0.1) is 23.4 Å². The Morgan fingerprint density at radius 1 is 1.23 bits per heavy atom. The van der Waals surface area contributed by atoms with Crippen LogP contribution in [0.5, 0.6) is 11.5 Å². The number of hydrogen-bond donors (Lipinski definition) is 1. The van der Waals surface area contributed by atoms with Gasteiger partial charge in [-0.2, -0.15) is 5.10 Å². The first-order valence-electron chi connectivity index (χ1n) is 9.97. The summed E-state index contributed by atoms with van der Waals surface area (Å²) in [6, 6.07) is 11.1. The zero-order valence-electron chi connectivity index (χ0n) is 16.8. The van der Waals surface area contributed by atoms with Gasteiger partial charge >= 0.3 is 6.36 Å². The van der Waals surface area contributed by atoms with Crippen molar-refractivity contribution in [3.63, 3.8) is 0 Å². The third-order valence-electron chi connectivity index (χ3n) is 5.55. The molecule has 2 aromatic heterocycles. The van der Waals surface area contributed by atoms with Crippen molar-refractivity contribution in [2.75, 3.05) is 7.05 Å². The molecule has 0 aliphatic heterocycles. The molecule has 1 aliphatic carbocycles. The van der Waals surface area contributed by atoms with Gasteiger partial charge in [0.25, 0.3) is 0 Å². The molecule has 2 heterocycles. The summed E-state index contributed by atoms with van der Waals surface area (Å²) in [6.07, 6.45) is 0.272. The van der Waals surface area contributed by atoms with Crippen LogP contribution < -0.4 is 14.8 Å². The zero-order chi connectivity index (χ0) is 22.0. The Kier molecular flexibility index (Phi) is 5.86. The van der Waals surface area contributed by atoms with Gasteiger partial charge in [0, 0.05) is 24.7 Å². The second-order valence-electron chi connectivity index (χ2n) is 7.61. The standard InChI is InChI=1S/C22H22F3N3O3/c1-26-19(12-21(29)18-13-27-28-8-3-2-7-20(18)28)14-9-17(10-14)30-15-5-4-6-16(11-15)31-22(23,24)25/h2-8,11,13-14,17,19,26H,9-10,12H2,1H3. The van der Waals surface area contributed by atoms with E-state index in [2.05, 4.69) is 15.2 Å². The monoisotopic (exact) mass is 433 g/mol. The van der Waals surface area contributed by atoms with Gasteiger partial charge in [0.2, 0.25) is 0 Å². The molecule has 1 unspecified atom stereocenters. The Bertz CT molecular complexity index is 1060. The second kappa shape index (κ2) is 8.58. The summed E-state index contributed by atoms with van der Waals surface area (Å²) in [7, 11) is 1.82. The highest BCUT2D eigenvalue weighted by Gasteiger charge is 2.37. The van der Waals surface area contributed by atoms with Crippen LogP contribution in [-0.4, -0.2) is 41.0 Å². The van der Waals surface area contributed by atoms with Gasteiger partial charge in [0.1, 0.15) is 11.5 Å². The highest BCUT2D eigenvalue weighted by Crippen LogP contribution is 2.36. The Labute approximate surface area is 177 Å². The number of nitrogens with zero attached hydrogens (tertiary/aromatic N) is 2. The second-order valence-corrected chi connectivity index (χ2v) is 7.61. The van der Waals surface area contributed by atoms with Crippen molar-refractivity contribution >= 4 is 11.3 Å². The summed E-state index contributed by atoms with van der Waals surface area (Å²) >= 11 is 0. The van der Waals surface area contributed by atoms with Gasteiger partial charge in [-0.1, -0.05) is 12.1 Å². The molecule has 4 rings (SSSR count). The normalized spacial score (nSPS) is 19.6. The number of Topliss-reactive ketones (excluding diaryl/α,β-unsaturated/α-hetero) is 1. The first-order valence-corrected chi connectivity index (χ1v) is 9.97.